The summed E-state index contributed by atoms with van der Waals surface area (Å²) >= 11 is 0. The molecule has 0 radical (unpaired) electrons. The van der Waals surface area contributed by atoms with Crippen LogP contribution in [-0.2, 0) is 0 Å². The van der Waals surface area contributed by atoms with E-state index in [2.05, 4.69) is 5.32 Å². The van der Waals surface area contributed by atoms with Crippen LogP contribution in [0.25, 0.3) is 11.1 Å². The number of hydrogen-bond acceptors (Lipinski definition) is 4. The molecule has 0 saturated heterocycles. The van der Waals surface area contributed by atoms with E-state index in [1.165, 1.54) is 4.90 Å². The molecule has 0 unspecified atom stereocenters. The zero-order chi connectivity index (χ0) is 20.3. The van der Waals surface area contributed by atoms with E-state index in [-0.39, 0.29) is 11.8 Å². The molecule has 0 fully saturated rings. The van der Waals surface area contributed by atoms with Gasteiger partial charge in [0.2, 0.25) is 0 Å². The van der Waals surface area contributed by atoms with E-state index < -0.39 is 11.8 Å². The lowest BCUT2D eigenvalue weighted by atomic mass is 9.97. The molecule has 6 nitrogen and oxygen atoms in total. The molecule has 2 heterocycles. The van der Waals surface area contributed by atoms with Crippen molar-refractivity contribution in [3.63, 3.8) is 0 Å². The van der Waals surface area contributed by atoms with Gasteiger partial charge in [0.25, 0.3) is 23.6 Å². The van der Waals surface area contributed by atoms with Crippen LogP contribution in [0.4, 0.5) is 5.69 Å². The molecule has 0 aliphatic carbocycles. The maximum absolute atomic E-state index is 13.0. The largest absolute Gasteiger partial charge is 0.288 e. The van der Waals surface area contributed by atoms with Crippen LogP contribution in [0.15, 0.2) is 60.7 Å². The molecule has 2 aliphatic rings. The third-order valence-electron chi connectivity index (χ3n) is 5.25. The van der Waals surface area contributed by atoms with E-state index in [1.807, 2.05) is 19.1 Å². The SMILES string of the molecule is Cc1ccc(N2C(=O)c3ccc(-c4ccc5c(c4)C(=O)NC5=O)cc3C2=O)cc1. The summed E-state index contributed by atoms with van der Waals surface area (Å²) < 4.78 is 0. The first kappa shape index (κ1) is 17.1. The van der Waals surface area contributed by atoms with Gasteiger partial charge in [-0.05, 0) is 54.4 Å². The van der Waals surface area contributed by atoms with Crippen molar-refractivity contribution >= 4 is 29.3 Å². The fourth-order valence-electron chi connectivity index (χ4n) is 3.70. The van der Waals surface area contributed by atoms with Gasteiger partial charge in [-0.25, -0.2) is 4.90 Å². The van der Waals surface area contributed by atoms with Gasteiger partial charge in [0.1, 0.15) is 0 Å². The average molecular weight is 382 g/mol. The fourth-order valence-corrected chi connectivity index (χ4v) is 3.70. The van der Waals surface area contributed by atoms with E-state index in [1.54, 1.807) is 48.5 Å². The van der Waals surface area contributed by atoms with Crippen LogP contribution >= 0.6 is 0 Å². The first-order valence-corrected chi connectivity index (χ1v) is 9.03. The lowest BCUT2D eigenvalue weighted by molar-refractivity contribution is 0.0874. The van der Waals surface area contributed by atoms with Crippen LogP contribution in [0.2, 0.25) is 0 Å². The molecule has 6 heteroatoms. The first-order chi connectivity index (χ1) is 13.9. The number of carbonyl (C=O) groups is 4. The normalized spacial score (nSPS) is 14.9. The maximum atomic E-state index is 13.0. The Morgan fingerprint density at radius 3 is 1.86 bits per heavy atom. The number of benzene rings is 3. The van der Waals surface area contributed by atoms with Gasteiger partial charge in [0.15, 0.2) is 0 Å². The van der Waals surface area contributed by atoms with Gasteiger partial charge in [0.05, 0.1) is 27.9 Å². The molecule has 0 spiro atoms. The number of rotatable bonds is 2. The van der Waals surface area contributed by atoms with E-state index in [4.69, 9.17) is 0 Å². The molecule has 0 saturated carbocycles. The Morgan fingerprint density at radius 2 is 1.17 bits per heavy atom. The Balaban J connectivity index is 1.56. The standard InChI is InChI=1S/C23H14N2O4/c1-12-2-6-15(7-3-12)25-22(28)17-9-5-14(11-19(17)23(25)29)13-4-8-16-18(10-13)21(27)24-20(16)26/h2-11H,1H3,(H,24,26,27). The van der Waals surface area contributed by atoms with Gasteiger partial charge in [-0.2, -0.15) is 0 Å². The highest BCUT2D eigenvalue weighted by atomic mass is 16.2. The van der Waals surface area contributed by atoms with Gasteiger partial charge in [-0.3, -0.25) is 24.5 Å². The molecule has 0 aromatic heterocycles. The summed E-state index contributed by atoms with van der Waals surface area (Å²) in [4.78, 5) is 50.6. The molecular weight excluding hydrogens is 368 g/mol. The van der Waals surface area contributed by atoms with Gasteiger partial charge in [-0.1, -0.05) is 29.8 Å². The predicted octanol–water partition coefficient (Wildman–Crippen LogP) is 3.35. The predicted molar refractivity (Wildman–Crippen MR) is 106 cm³/mol. The molecule has 140 valence electrons. The van der Waals surface area contributed by atoms with Crippen molar-refractivity contribution in [3.8, 4) is 11.1 Å². The molecule has 5 rings (SSSR count). The number of carbonyl (C=O) groups excluding carboxylic acids is 4. The van der Waals surface area contributed by atoms with Gasteiger partial charge in [-0.15, -0.1) is 0 Å². The third-order valence-corrected chi connectivity index (χ3v) is 5.25. The quantitative estimate of drug-likeness (QED) is 0.689. The van der Waals surface area contributed by atoms with Gasteiger partial charge in [0, 0.05) is 0 Å². The number of nitrogens with one attached hydrogen (secondary N) is 1. The minimum atomic E-state index is -0.440. The number of aryl methyl sites for hydroxylation is 1. The lowest BCUT2D eigenvalue weighted by Crippen LogP contribution is -2.29. The fraction of sp³-hybridized carbons (Fsp3) is 0.0435. The number of imide groups is 2. The number of nitrogens with zero attached hydrogens (tertiary/aromatic N) is 1. The molecule has 29 heavy (non-hydrogen) atoms. The minimum absolute atomic E-state index is 0.302. The average Bonchev–Trinajstić information content (AvgIpc) is 3.15. The third kappa shape index (κ3) is 2.50. The zero-order valence-corrected chi connectivity index (χ0v) is 15.4. The van der Waals surface area contributed by atoms with Crippen LogP contribution in [0.3, 0.4) is 0 Å². The van der Waals surface area contributed by atoms with Crippen molar-refractivity contribution in [3.05, 3.63) is 88.5 Å². The van der Waals surface area contributed by atoms with Crippen molar-refractivity contribution in [2.75, 3.05) is 4.90 Å². The maximum Gasteiger partial charge on any atom is 0.266 e. The number of hydrogen-bond donors (Lipinski definition) is 1. The summed E-state index contributed by atoms with van der Waals surface area (Å²) in [7, 11) is 0. The van der Waals surface area contributed by atoms with Crippen LogP contribution < -0.4 is 10.2 Å². The Labute approximate surface area is 165 Å². The first-order valence-electron chi connectivity index (χ1n) is 9.03. The van der Waals surface area contributed by atoms with E-state index in [0.29, 0.717) is 39.1 Å². The Bertz CT molecular complexity index is 1260. The molecule has 1 N–H and O–H groups in total. The number of amides is 4. The second kappa shape index (κ2) is 5.97. The van der Waals surface area contributed by atoms with Crippen LogP contribution in [0, 0.1) is 6.92 Å². The smallest absolute Gasteiger partial charge is 0.266 e. The molecule has 0 bridgehead atoms. The summed E-state index contributed by atoms with van der Waals surface area (Å²) in [6.45, 7) is 1.93. The monoisotopic (exact) mass is 382 g/mol. The summed E-state index contributed by atoms with van der Waals surface area (Å²) in [5, 5.41) is 2.26. The van der Waals surface area contributed by atoms with Crippen molar-refractivity contribution < 1.29 is 19.2 Å². The summed E-state index contributed by atoms with van der Waals surface area (Å²) in [5.74, 6) is -1.60. The van der Waals surface area contributed by atoms with Crippen molar-refractivity contribution in [2.45, 2.75) is 6.92 Å². The topological polar surface area (TPSA) is 83.6 Å². The van der Waals surface area contributed by atoms with Gasteiger partial charge >= 0.3 is 0 Å². The number of anilines is 1. The molecule has 4 amide bonds. The summed E-state index contributed by atoms with van der Waals surface area (Å²) in [6, 6.07) is 17.1. The highest BCUT2D eigenvalue weighted by molar-refractivity contribution is 6.34. The van der Waals surface area contributed by atoms with E-state index in [0.717, 1.165) is 5.56 Å². The molecule has 0 atom stereocenters. The molecular formula is C23H14N2O4. The molecule has 3 aromatic carbocycles. The van der Waals surface area contributed by atoms with E-state index in [9.17, 15) is 19.2 Å². The van der Waals surface area contributed by atoms with Crippen LogP contribution in [0.5, 0.6) is 0 Å². The summed E-state index contributed by atoms with van der Waals surface area (Å²) in [6.07, 6.45) is 0. The highest BCUT2D eigenvalue weighted by Gasteiger charge is 2.37. The van der Waals surface area contributed by atoms with E-state index >= 15 is 0 Å². The van der Waals surface area contributed by atoms with Crippen molar-refractivity contribution in [1.82, 2.24) is 5.32 Å². The Hall–Kier alpha value is -4.06. The van der Waals surface area contributed by atoms with Crippen molar-refractivity contribution in [2.24, 2.45) is 0 Å². The number of fused-ring (bicyclic) bond motifs is 2. The lowest BCUT2D eigenvalue weighted by Gasteiger charge is -2.13. The Morgan fingerprint density at radius 1 is 0.621 bits per heavy atom. The Kier molecular flexibility index (Phi) is 3.51. The second-order valence-corrected chi connectivity index (χ2v) is 7.09. The highest BCUT2D eigenvalue weighted by Crippen LogP contribution is 2.33. The van der Waals surface area contributed by atoms with Crippen LogP contribution in [0.1, 0.15) is 47.0 Å². The van der Waals surface area contributed by atoms with Crippen molar-refractivity contribution in [1.29, 1.82) is 0 Å². The minimum Gasteiger partial charge on any atom is -0.288 e. The molecule has 2 aliphatic heterocycles. The summed E-state index contributed by atoms with van der Waals surface area (Å²) in [5.41, 5.74) is 4.22. The second-order valence-electron chi connectivity index (χ2n) is 7.09. The van der Waals surface area contributed by atoms with Gasteiger partial charge < -0.3 is 0 Å². The zero-order valence-electron chi connectivity index (χ0n) is 15.4. The molecule has 3 aromatic rings. The van der Waals surface area contributed by atoms with Crippen LogP contribution in [-0.4, -0.2) is 23.6 Å².